The lowest BCUT2D eigenvalue weighted by molar-refractivity contribution is -0.171. The number of amides is 2. The van der Waals surface area contributed by atoms with Gasteiger partial charge in [-0.2, -0.15) is 0 Å². The number of carbonyl (C=O) groups is 6. The Morgan fingerprint density at radius 2 is 0.762 bits per heavy atom. The second kappa shape index (κ2) is 30.8. The number of benzene rings is 2. The van der Waals surface area contributed by atoms with Crippen LogP contribution in [-0.2, 0) is 73.6 Å². The van der Waals surface area contributed by atoms with Crippen LogP contribution in [0.2, 0.25) is 0 Å². The summed E-state index contributed by atoms with van der Waals surface area (Å²) in [5.74, 6) is -2.38. The number of cyclic esters (lactones) is 4. The summed E-state index contributed by atoms with van der Waals surface area (Å²) in [6.45, 7) is 20.2. The van der Waals surface area contributed by atoms with E-state index in [0.29, 0.717) is 37.1 Å². The Labute approximate surface area is 474 Å². The molecule has 1 aliphatic heterocycles. The van der Waals surface area contributed by atoms with Crippen LogP contribution < -0.4 is 10.6 Å². The van der Waals surface area contributed by atoms with Gasteiger partial charge in [0.2, 0.25) is 0 Å². The number of anilines is 2. The van der Waals surface area contributed by atoms with Crippen molar-refractivity contribution in [1.82, 2.24) is 19.6 Å². The predicted molar refractivity (Wildman–Crippen MR) is 307 cm³/mol. The first kappa shape index (κ1) is 64.2. The summed E-state index contributed by atoms with van der Waals surface area (Å²) < 4.78 is 35.9. The molecule has 80 heavy (non-hydrogen) atoms. The molecule has 2 aromatic carbocycles. The Bertz CT molecular complexity index is 2370. The maximum Gasteiger partial charge on any atom is 0.329 e. The van der Waals surface area contributed by atoms with Gasteiger partial charge in [0.15, 0.2) is 12.2 Å². The number of nitrogens with one attached hydrogen (secondary N) is 2. The largest absolute Gasteiger partial charge is 0.467 e. The second-order valence-corrected chi connectivity index (χ2v) is 23.4. The van der Waals surface area contributed by atoms with Gasteiger partial charge in [0.1, 0.15) is 47.9 Å². The molecule has 1 aliphatic rings. The van der Waals surface area contributed by atoms with E-state index in [0.717, 1.165) is 22.9 Å². The molecular formula is C62H90N6O12. The molecule has 8 unspecified atom stereocenters. The van der Waals surface area contributed by atoms with Gasteiger partial charge < -0.3 is 48.2 Å². The lowest BCUT2D eigenvalue weighted by Crippen LogP contribution is -2.53. The molecule has 440 valence electrons. The van der Waals surface area contributed by atoms with E-state index in [1.807, 2.05) is 128 Å². The van der Waals surface area contributed by atoms with Gasteiger partial charge in [-0.05, 0) is 137 Å². The van der Waals surface area contributed by atoms with Gasteiger partial charge in [-0.1, -0.05) is 79.7 Å². The highest BCUT2D eigenvalue weighted by Crippen LogP contribution is 2.25. The quantitative estimate of drug-likeness (QED) is 0.0705. The van der Waals surface area contributed by atoms with Crippen molar-refractivity contribution >= 4 is 47.1 Å². The number of esters is 4. The van der Waals surface area contributed by atoms with E-state index in [-0.39, 0.29) is 62.4 Å². The highest BCUT2D eigenvalue weighted by atomic mass is 16.6. The summed E-state index contributed by atoms with van der Waals surface area (Å²) in [4.78, 5) is 94.5. The normalized spacial score (nSPS) is 23.5. The van der Waals surface area contributed by atoms with E-state index in [1.54, 1.807) is 50.3 Å². The molecule has 0 radical (unpaired) electrons. The van der Waals surface area contributed by atoms with E-state index in [2.05, 4.69) is 10.6 Å². The number of carbonyl (C=O) groups excluding carboxylic acids is 6. The summed E-state index contributed by atoms with van der Waals surface area (Å²) >= 11 is 0. The third kappa shape index (κ3) is 19.9. The van der Waals surface area contributed by atoms with E-state index in [4.69, 9.17) is 27.8 Å². The van der Waals surface area contributed by atoms with Crippen molar-refractivity contribution in [3.05, 3.63) is 108 Å². The molecule has 0 aliphatic carbocycles. The highest BCUT2D eigenvalue weighted by molar-refractivity contribution is 5.90. The topological polar surface area (TPSA) is 203 Å². The van der Waals surface area contributed by atoms with Gasteiger partial charge in [0, 0.05) is 51.4 Å². The van der Waals surface area contributed by atoms with Crippen LogP contribution in [0.25, 0.3) is 0 Å². The summed E-state index contributed by atoms with van der Waals surface area (Å²) in [5.41, 5.74) is 3.04. The Morgan fingerprint density at radius 1 is 0.450 bits per heavy atom. The summed E-state index contributed by atoms with van der Waals surface area (Å²) in [6, 6.07) is 18.4. The fraction of sp³-hybridized carbons (Fsp3) is 0.581. The van der Waals surface area contributed by atoms with Gasteiger partial charge in [-0.25, -0.2) is 9.59 Å². The molecule has 1 fully saturated rings. The maximum absolute atomic E-state index is 15.0. The number of likely N-dealkylation sites (N-methyl/N-ethyl adjacent to an activating group) is 4. The zero-order chi connectivity index (χ0) is 58.8. The Kier molecular flexibility index (Phi) is 24.7. The molecule has 8 atom stereocenters. The molecule has 0 saturated carbocycles. The number of ether oxygens (including phenoxy) is 4. The predicted octanol–water partition coefficient (Wildman–Crippen LogP) is 9.02. The van der Waals surface area contributed by atoms with E-state index < -0.39 is 84.3 Å². The third-order valence-electron chi connectivity index (χ3n) is 14.2. The number of furan rings is 2. The third-order valence-corrected chi connectivity index (χ3v) is 14.2. The standard InChI is InChI=1S/C62H90N6O12/c1-39(2)29-51-59(71)79-55(33-45-19-23-47(24-20-45)63-35-49-17-15-27-75-49)57(69)67(13)54(32-42(7)8)62(74)78-44(10)38-66(12)52(30-40(3)4)60(72)80-56(34-46-21-25-48(26-22-46)64-36-50-18-16-28-76-50)58(70)68(14)53(31-41(5)6)61(73)77-43(9)37-65(51)11/h15-28,39-44,51-56,63-64H,29-38H2,1-14H3. The zero-order valence-electron chi connectivity index (χ0n) is 49.8. The monoisotopic (exact) mass is 1110 g/mol. The summed E-state index contributed by atoms with van der Waals surface area (Å²) in [7, 11) is 6.53. The molecule has 5 rings (SSSR count). The lowest BCUT2D eigenvalue weighted by atomic mass is 10.00. The molecule has 3 heterocycles. The fourth-order valence-electron chi connectivity index (χ4n) is 9.92. The molecule has 2 amide bonds. The average Bonchev–Trinajstić information content (AvgIpc) is 4.14. The van der Waals surface area contributed by atoms with Crippen molar-refractivity contribution in [1.29, 1.82) is 0 Å². The van der Waals surface area contributed by atoms with Gasteiger partial charge >= 0.3 is 23.9 Å². The minimum absolute atomic E-state index is 0.00127. The number of rotatable bonds is 18. The van der Waals surface area contributed by atoms with Crippen LogP contribution in [0.5, 0.6) is 0 Å². The Hall–Kier alpha value is -6.66. The minimum Gasteiger partial charge on any atom is -0.467 e. The first-order chi connectivity index (χ1) is 37.9. The zero-order valence-corrected chi connectivity index (χ0v) is 49.8. The Balaban J connectivity index is 1.52. The van der Waals surface area contributed by atoms with Crippen LogP contribution >= 0.6 is 0 Å². The number of nitrogens with zero attached hydrogens (tertiary/aromatic N) is 4. The minimum atomic E-state index is -1.35. The van der Waals surface area contributed by atoms with Crippen LogP contribution in [0.1, 0.15) is 118 Å². The van der Waals surface area contributed by atoms with Gasteiger partial charge in [-0.3, -0.25) is 29.0 Å². The summed E-state index contributed by atoms with van der Waals surface area (Å²) in [6.07, 6.45) is 0.105. The maximum atomic E-state index is 15.0. The van der Waals surface area contributed by atoms with Crippen molar-refractivity contribution in [3.63, 3.8) is 0 Å². The fourth-order valence-corrected chi connectivity index (χ4v) is 9.92. The van der Waals surface area contributed by atoms with Crippen LogP contribution in [0, 0.1) is 23.7 Å². The van der Waals surface area contributed by atoms with Gasteiger partial charge in [-0.15, -0.1) is 0 Å². The molecular weight excluding hydrogens is 1020 g/mol. The van der Waals surface area contributed by atoms with E-state index in [1.165, 1.54) is 23.9 Å². The smallest absolute Gasteiger partial charge is 0.329 e. The molecule has 0 bridgehead atoms. The molecule has 4 aromatic rings. The van der Waals surface area contributed by atoms with Gasteiger partial charge in [0.25, 0.3) is 11.8 Å². The first-order valence-electron chi connectivity index (χ1n) is 28.3. The van der Waals surface area contributed by atoms with Crippen molar-refractivity contribution in [2.45, 2.75) is 169 Å². The molecule has 2 N–H and O–H groups in total. The van der Waals surface area contributed by atoms with Crippen LogP contribution in [-0.4, -0.2) is 145 Å². The number of hydrogen-bond donors (Lipinski definition) is 2. The van der Waals surface area contributed by atoms with E-state index in [9.17, 15) is 28.8 Å². The number of hydrogen-bond acceptors (Lipinski definition) is 16. The SMILES string of the molecule is CC(C)CC1C(=O)OC(Cc2ccc(NCc3ccco3)cc2)C(=O)N(C)C(CC(C)C)C(=O)OC(C)CN(C)C(CC(C)C)C(=O)OC(Cc2ccc(NCc3ccco3)cc2)C(=O)N(C)C(CC(C)C)C(=O)OC(C)CN1C. The van der Waals surface area contributed by atoms with Crippen molar-refractivity contribution in [2.75, 3.05) is 51.9 Å². The first-order valence-corrected chi connectivity index (χ1v) is 28.3. The van der Waals surface area contributed by atoms with Crippen molar-refractivity contribution < 1.29 is 56.5 Å². The molecule has 2 aromatic heterocycles. The van der Waals surface area contributed by atoms with Crippen molar-refractivity contribution in [3.8, 4) is 0 Å². The van der Waals surface area contributed by atoms with Gasteiger partial charge in [0.05, 0.1) is 25.6 Å². The highest BCUT2D eigenvalue weighted by Gasteiger charge is 2.41. The summed E-state index contributed by atoms with van der Waals surface area (Å²) in [5, 5.41) is 6.64. The van der Waals surface area contributed by atoms with Crippen molar-refractivity contribution in [2.24, 2.45) is 23.7 Å². The average molecular weight is 1110 g/mol. The van der Waals surface area contributed by atoms with Crippen LogP contribution in [0.3, 0.4) is 0 Å². The Morgan fingerprint density at radius 3 is 1.06 bits per heavy atom. The lowest BCUT2D eigenvalue weighted by Gasteiger charge is -2.35. The van der Waals surface area contributed by atoms with Crippen LogP contribution in [0.4, 0.5) is 11.4 Å². The van der Waals surface area contributed by atoms with Crippen LogP contribution in [0.15, 0.2) is 94.2 Å². The molecule has 18 heteroatoms. The second-order valence-electron chi connectivity index (χ2n) is 23.4. The molecule has 18 nitrogen and oxygen atoms in total. The molecule has 0 spiro atoms. The van der Waals surface area contributed by atoms with E-state index >= 15 is 0 Å². The molecule has 1 saturated heterocycles.